The number of primary amides is 1. The molecule has 0 radical (unpaired) electrons. The predicted octanol–water partition coefficient (Wildman–Crippen LogP) is 1.42. The highest BCUT2D eigenvalue weighted by Gasteiger charge is 2.23. The van der Waals surface area contributed by atoms with Gasteiger partial charge in [-0.25, -0.2) is 4.98 Å². The number of carbonyl (C=O) groups is 1. The maximum atomic E-state index is 11.6. The average Bonchev–Trinajstić information content (AvgIpc) is 3.19. The number of piperazine rings is 1. The molecule has 1 saturated heterocycles. The summed E-state index contributed by atoms with van der Waals surface area (Å²) >= 11 is 1.53. The summed E-state index contributed by atoms with van der Waals surface area (Å²) in [5.41, 5.74) is 6.74. The zero-order valence-corrected chi connectivity index (χ0v) is 14.8. The Morgan fingerprint density at radius 1 is 0.962 bits per heavy atom. The number of anilines is 2. The Kier molecular flexibility index (Phi) is 4.44. The Morgan fingerprint density at radius 3 is 2.46 bits per heavy atom. The number of hydrogen-bond acceptors (Lipinski definition) is 8. The number of hydrogen-bond donors (Lipinski definition) is 1. The molecule has 0 aromatic carbocycles. The average molecular weight is 367 g/mol. The van der Waals surface area contributed by atoms with Gasteiger partial charge in [-0.05, 0) is 24.3 Å². The molecule has 0 unspecified atom stereocenters. The minimum Gasteiger partial charge on any atom is -0.365 e. The molecule has 1 aliphatic heterocycles. The van der Waals surface area contributed by atoms with Crippen LogP contribution in [0.15, 0.2) is 42.7 Å². The molecule has 1 fully saturated rings. The van der Waals surface area contributed by atoms with E-state index in [-0.39, 0.29) is 0 Å². The fraction of sp³-hybridized carbons (Fsp3) is 0.235. The maximum absolute atomic E-state index is 11.6. The maximum Gasteiger partial charge on any atom is 0.252 e. The van der Waals surface area contributed by atoms with Gasteiger partial charge in [-0.1, -0.05) is 17.4 Å². The van der Waals surface area contributed by atoms with Crippen LogP contribution in [0.4, 0.5) is 10.9 Å². The highest BCUT2D eigenvalue weighted by Crippen LogP contribution is 2.28. The molecule has 3 aromatic heterocycles. The first-order valence-electron chi connectivity index (χ1n) is 8.22. The van der Waals surface area contributed by atoms with E-state index in [1.807, 2.05) is 18.2 Å². The summed E-state index contributed by atoms with van der Waals surface area (Å²) in [4.78, 5) is 24.5. The van der Waals surface area contributed by atoms with Gasteiger partial charge in [0.05, 0.1) is 5.56 Å². The van der Waals surface area contributed by atoms with E-state index in [2.05, 4.69) is 30.0 Å². The molecule has 0 bridgehead atoms. The second kappa shape index (κ2) is 7.04. The number of amides is 1. The molecule has 1 aliphatic rings. The van der Waals surface area contributed by atoms with Crippen molar-refractivity contribution in [1.82, 2.24) is 20.2 Å². The molecule has 9 heteroatoms. The Hall–Kier alpha value is -3.07. The summed E-state index contributed by atoms with van der Waals surface area (Å²) in [7, 11) is 0. The SMILES string of the molecule is NC(=O)c1cccnc1N1CCN(c2nnc(-c3ccccn3)s2)CC1. The van der Waals surface area contributed by atoms with E-state index in [1.165, 1.54) is 11.3 Å². The normalized spacial score (nSPS) is 14.5. The van der Waals surface area contributed by atoms with E-state index in [9.17, 15) is 4.79 Å². The lowest BCUT2D eigenvalue weighted by molar-refractivity contribution is 0.100. The topological polar surface area (TPSA) is 101 Å². The number of carbonyl (C=O) groups excluding carboxylic acids is 1. The van der Waals surface area contributed by atoms with Gasteiger partial charge in [0.2, 0.25) is 5.13 Å². The number of nitrogens with zero attached hydrogens (tertiary/aromatic N) is 6. The Morgan fingerprint density at radius 2 is 1.73 bits per heavy atom. The molecule has 2 N–H and O–H groups in total. The van der Waals surface area contributed by atoms with Crippen molar-refractivity contribution in [1.29, 1.82) is 0 Å². The van der Waals surface area contributed by atoms with E-state index < -0.39 is 5.91 Å². The molecule has 3 aromatic rings. The van der Waals surface area contributed by atoms with Crippen molar-refractivity contribution in [3.63, 3.8) is 0 Å². The van der Waals surface area contributed by atoms with Crippen LogP contribution in [-0.2, 0) is 0 Å². The molecule has 132 valence electrons. The van der Waals surface area contributed by atoms with Crippen LogP contribution in [0.25, 0.3) is 10.7 Å². The van der Waals surface area contributed by atoms with Crippen LogP contribution in [-0.4, -0.2) is 52.3 Å². The minimum absolute atomic E-state index is 0.453. The third-order valence-corrected chi connectivity index (χ3v) is 5.21. The van der Waals surface area contributed by atoms with Crippen LogP contribution in [0.5, 0.6) is 0 Å². The van der Waals surface area contributed by atoms with Gasteiger partial charge >= 0.3 is 0 Å². The highest BCUT2D eigenvalue weighted by molar-refractivity contribution is 7.18. The molecule has 4 rings (SSSR count). The molecule has 4 heterocycles. The van der Waals surface area contributed by atoms with Crippen molar-refractivity contribution in [2.45, 2.75) is 0 Å². The number of rotatable bonds is 4. The molecule has 26 heavy (non-hydrogen) atoms. The number of nitrogens with two attached hydrogens (primary N) is 1. The zero-order valence-electron chi connectivity index (χ0n) is 13.9. The summed E-state index contributed by atoms with van der Waals surface area (Å²) in [6, 6.07) is 9.17. The van der Waals surface area contributed by atoms with Gasteiger partial charge in [0.15, 0.2) is 5.01 Å². The smallest absolute Gasteiger partial charge is 0.252 e. The number of pyridine rings is 2. The first-order chi connectivity index (χ1) is 12.7. The quantitative estimate of drug-likeness (QED) is 0.744. The van der Waals surface area contributed by atoms with Crippen LogP contribution in [0, 0.1) is 0 Å². The van der Waals surface area contributed by atoms with Gasteiger partial charge in [-0.2, -0.15) is 0 Å². The molecule has 0 saturated carbocycles. The summed E-state index contributed by atoms with van der Waals surface area (Å²) < 4.78 is 0. The Labute approximate surface area is 154 Å². The molecular weight excluding hydrogens is 350 g/mol. The van der Waals surface area contributed by atoms with Crippen LogP contribution in [0.2, 0.25) is 0 Å². The summed E-state index contributed by atoms with van der Waals surface area (Å²) in [5.74, 6) is 0.186. The summed E-state index contributed by atoms with van der Waals surface area (Å²) in [6.45, 7) is 3.00. The van der Waals surface area contributed by atoms with Crippen molar-refractivity contribution >= 4 is 28.2 Å². The van der Waals surface area contributed by atoms with Crippen LogP contribution >= 0.6 is 11.3 Å². The van der Waals surface area contributed by atoms with Crippen molar-refractivity contribution < 1.29 is 4.79 Å². The van der Waals surface area contributed by atoms with E-state index in [0.29, 0.717) is 11.4 Å². The van der Waals surface area contributed by atoms with Crippen LogP contribution < -0.4 is 15.5 Å². The van der Waals surface area contributed by atoms with Crippen molar-refractivity contribution in [3.8, 4) is 10.7 Å². The van der Waals surface area contributed by atoms with Crippen molar-refractivity contribution in [3.05, 3.63) is 48.3 Å². The standard InChI is InChI=1S/C17H17N7OS/c18-14(25)12-4-3-7-20-15(12)23-8-10-24(11-9-23)17-22-21-16(26-17)13-5-1-2-6-19-13/h1-7H,8-11H2,(H2,18,25). The fourth-order valence-corrected chi connectivity index (χ4v) is 3.76. The van der Waals surface area contributed by atoms with Crippen LogP contribution in [0.1, 0.15) is 10.4 Å². The van der Waals surface area contributed by atoms with E-state index >= 15 is 0 Å². The summed E-state index contributed by atoms with van der Waals surface area (Å²) in [5, 5.41) is 10.2. The van der Waals surface area contributed by atoms with Gasteiger partial charge in [0.1, 0.15) is 11.5 Å². The van der Waals surface area contributed by atoms with Crippen molar-refractivity contribution in [2.24, 2.45) is 5.73 Å². The van der Waals surface area contributed by atoms with Crippen molar-refractivity contribution in [2.75, 3.05) is 36.0 Å². The predicted molar refractivity (Wildman–Crippen MR) is 100 cm³/mol. The second-order valence-corrected chi connectivity index (χ2v) is 6.77. The molecule has 0 atom stereocenters. The van der Waals surface area contributed by atoms with E-state index in [4.69, 9.17) is 5.73 Å². The lowest BCUT2D eigenvalue weighted by Crippen LogP contribution is -2.47. The molecule has 0 aliphatic carbocycles. The second-order valence-electron chi connectivity index (χ2n) is 5.82. The highest BCUT2D eigenvalue weighted by atomic mass is 32.1. The first-order valence-corrected chi connectivity index (χ1v) is 9.03. The lowest BCUT2D eigenvalue weighted by Gasteiger charge is -2.35. The van der Waals surface area contributed by atoms with Gasteiger partial charge < -0.3 is 15.5 Å². The Bertz CT molecular complexity index is 906. The minimum atomic E-state index is -0.459. The molecule has 1 amide bonds. The number of aromatic nitrogens is 4. The van der Waals surface area contributed by atoms with E-state index in [1.54, 1.807) is 24.5 Å². The Balaban J connectivity index is 1.46. The van der Waals surface area contributed by atoms with Gasteiger partial charge in [0.25, 0.3) is 5.91 Å². The third-order valence-electron chi connectivity index (χ3n) is 4.20. The van der Waals surface area contributed by atoms with Gasteiger partial charge in [-0.15, -0.1) is 10.2 Å². The molecule has 8 nitrogen and oxygen atoms in total. The third kappa shape index (κ3) is 3.21. The lowest BCUT2D eigenvalue weighted by atomic mass is 10.2. The molecule has 0 spiro atoms. The van der Waals surface area contributed by atoms with E-state index in [0.717, 1.165) is 42.0 Å². The monoisotopic (exact) mass is 367 g/mol. The van der Waals surface area contributed by atoms with Gasteiger partial charge in [0, 0.05) is 38.6 Å². The summed E-state index contributed by atoms with van der Waals surface area (Å²) in [6.07, 6.45) is 3.43. The zero-order chi connectivity index (χ0) is 17.9. The largest absolute Gasteiger partial charge is 0.365 e. The fourth-order valence-electron chi connectivity index (χ4n) is 2.89. The molecular formula is C17H17N7OS. The van der Waals surface area contributed by atoms with Gasteiger partial charge in [-0.3, -0.25) is 9.78 Å². The van der Waals surface area contributed by atoms with Crippen LogP contribution in [0.3, 0.4) is 0 Å². The first kappa shape index (κ1) is 16.4.